The molecule has 0 aliphatic carbocycles. The van der Waals surface area contributed by atoms with E-state index in [9.17, 15) is 0 Å². The zero-order chi connectivity index (χ0) is 45.4. The molecule has 322 valence electrons. The fourth-order valence-corrected chi connectivity index (χ4v) is 10.5. The number of rotatable bonds is 7. The second kappa shape index (κ2) is 15.6. The maximum atomic E-state index is 6.70. The number of fused-ring (bicyclic) bond motifs is 9. The number of nitrogens with zero attached hydrogens (tertiary/aromatic N) is 5. The SMILES string of the molecule is c1ccc(-c2nc(-c3ccccc3)nc(-c3cccc4oc5cccc(-c6ccc7c(c6)c6cc(-c8ccc9c(c8)c8ccccc8n9-c8ccccc8)ccc6n7-c6ccccc6)c5c34)n2)cc1. The molecule has 0 aliphatic heterocycles. The standard InChI is InChI=1S/C63H39N5O/c1-5-17-40(18-6-1)61-64-62(41-19-7-2-8-20-41)66-63(65-61)49-27-16-30-58-60(49)59-47(26-15-29-57(59)69-58)44-33-36-56-52(39-44)51-38-43(32-35-55(51)68(56)46-23-11-4-12-24-46)42-31-34-54-50(37-42)48-25-13-14-28-53(48)67(54)45-21-9-3-10-22-45/h1-39H. The summed E-state index contributed by atoms with van der Waals surface area (Å²) >= 11 is 0. The van der Waals surface area contributed by atoms with Crippen LogP contribution in [-0.2, 0) is 0 Å². The van der Waals surface area contributed by atoms with Gasteiger partial charge in [-0.1, -0.05) is 158 Å². The van der Waals surface area contributed by atoms with Gasteiger partial charge >= 0.3 is 0 Å². The quantitative estimate of drug-likeness (QED) is 0.160. The van der Waals surface area contributed by atoms with Crippen LogP contribution in [0.5, 0.6) is 0 Å². The lowest BCUT2D eigenvalue weighted by atomic mass is 9.95. The maximum Gasteiger partial charge on any atom is 0.164 e. The summed E-state index contributed by atoms with van der Waals surface area (Å²) in [4.78, 5) is 15.3. The van der Waals surface area contributed by atoms with Gasteiger partial charge in [0.25, 0.3) is 0 Å². The van der Waals surface area contributed by atoms with Crippen LogP contribution in [0.4, 0.5) is 0 Å². The molecule has 0 saturated heterocycles. The van der Waals surface area contributed by atoms with Gasteiger partial charge < -0.3 is 13.6 Å². The molecular formula is C63H39N5O. The average molecular weight is 882 g/mol. The molecule has 10 aromatic carbocycles. The minimum absolute atomic E-state index is 0.586. The molecule has 0 saturated carbocycles. The average Bonchev–Trinajstić information content (AvgIpc) is 4.09. The molecular weight excluding hydrogens is 843 g/mol. The van der Waals surface area contributed by atoms with E-state index in [0.717, 1.165) is 83.1 Å². The van der Waals surface area contributed by atoms with Crippen molar-refractivity contribution in [1.29, 1.82) is 0 Å². The molecule has 0 amide bonds. The topological polar surface area (TPSA) is 61.7 Å². The third-order valence-electron chi connectivity index (χ3n) is 13.6. The number of benzene rings is 10. The molecule has 0 radical (unpaired) electrons. The van der Waals surface area contributed by atoms with Gasteiger partial charge in [0.2, 0.25) is 0 Å². The first-order chi connectivity index (χ1) is 34.2. The van der Waals surface area contributed by atoms with Crippen LogP contribution in [0, 0.1) is 0 Å². The Morgan fingerprint density at radius 2 is 0.681 bits per heavy atom. The highest BCUT2D eigenvalue weighted by Crippen LogP contribution is 2.44. The van der Waals surface area contributed by atoms with Crippen molar-refractivity contribution in [2.75, 3.05) is 0 Å². The lowest BCUT2D eigenvalue weighted by Gasteiger charge is -2.10. The Bertz CT molecular complexity index is 4230. The highest BCUT2D eigenvalue weighted by Gasteiger charge is 2.22. The lowest BCUT2D eigenvalue weighted by molar-refractivity contribution is 0.669. The van der Waals surface area contributed by atoms with Gasteiger partial charge in [-0.05, 0) is 101 Å². The van der Waals surface area contributed by atoms with Crippen molar-refractivity contribution in [1.82, 2.24) is 24.1 Å². The fourth-order valence-electron chi connectivity index (χ4n) is 10.5. The van der Waals surface area contributed by atoms with Gasteiger partial charge in [0.15, 0.2) is 17.5 Å². The Labute approximate surface area is 396 Å². The van der Waals surface area contributed by atoms with Gasteiger partial charge in [0.05, 0.1) is 22.1 Å². The summed E-state index contributed by atoms with van der Waals surface area (Å²) < 4.78 is 11.5. The van der Waals surface area contributed by atoms with Crippen LogP contribution >= 0.6 is 0 Å². The van der Waals surface area contributed by atoms with E-state index in [0.29, 0.717) is 17.5 Å². The minimum atomic E-state index is 0.586. The Hall–Kier alpha value is -9.39. The number of hydrogen-bond acceptors (Lipinski definition) is 4. The summed E-state index contributed by atoms with van der Waals surface area (Å²) in [5.41, 5.74) is 15.7. The second-order valence-electron chi connectivity index (χ2n) is 17.6. The zero-order valence-corrected chi connectivity index (χ0v) is 37.2. The van der Waals surface area contributed by atoms with E-state index >= 15 is 0 Å². The molecule has 6 heteroatoms. The van der Waals surface area contributed by atoms with E-state index in [1.165, 1.54) is 32.8 Å². The number of aromatic nitrogens is 5. The normalized spacial score (nSPS) is 11.8. The van der Waals surface area contributed by atoms with Gasteiger partial charge in [-0.2, -0.15) is 0 Å². The van der Waals surface area contributed by atoms with Crippen LogP contribution in [0.25, 0.3) is 133 Å². The Kier molecular flexibility index (Phi) is 8.79. The molecule has 14 aromatic rings. The van der Waals surface area contributed by atoms with Crippen LogP contribution in [-0.4, -0.2) is 24.1 Å². The van der Waals surface area contributed by atoms with Crippen molar-refractivity contribution < 1.29 is 4.42 Å². The van der Waals surface area contributed by atoms with E-state index in [1.807, 2.05) is 72.8 Å². The van der Waals surface area contributed by atoms with E-state index in [2.05, 4.69) is 173 Å². The molecule has 0 spiro atoms. The summed E-state index contributed by atoms with van der Waals surface area (Å²) in [7, 11) is 0. The maximum absolute atomic E-state index is 6.70. The van der Waals surface area contributed by atoms with Crippen LogP contribution in [0.2, 0.25) is 0 Å². The molecule has 4 aromatic heterocycles. The van der Waals surface area contributed by atoms with Crippen molar-refractivity contribution in [2.45, 2.75) is 0 Å². The predicted molar refractivity (Wildman–Crippen MR) is 283 cm³/mol. The van der Waals surface area contributed by atoms with Gasteiger partial charge in [0.1, 0.15) is 11.2 Å². The third-order valence-corrected chi connectivity index (χ3v) is 13.6. The number of furan rings is 1. The summed E-state index contributed by atoms with van der Waals surface area (Å²) in [5.74, 6) is 1.81. The third kappa shape index (κ3) is 6.30. The van der Waals surface area contributed by atoms with E-state index in [-0.39, 0.29) is 0 Å². The molecule has 0 fully saturated rings. The van der Waals surface area contributed by atoms with Gasteiger partial charge in [0, 0.05) is 60.4 Å². The molecule has 14 rings (SSSR count). The van der Waals surface area contributed by atoms with Crippen LogP contribution < -0.4 is 0 Å². The van der Waals surface area contributed by atoms with Gasteiger partial charge in [-0.15, -0.1) is 0 Å². The second-order valence-corrected chi connectivity index (χ2v) is 17.6. The smallest absolute Gasteiger partial charge is 0.164 e. The Morgan fingerprint density at radius 3 is 1.23 bits per heavy atom. The molecule has 69 heavy (non-hydrogen) atoms. The summed E-state index contributed by atoms with van der Waals surface area (Å²) in [5, 5.41) is 6.78. The van der Waals surface area contributed by atoms with E-state index in [4.69, 9.17) is 19.4 Å². The van der Waals surface area contributed by atoms with Crippen LogP contribution in [0.15, 0.2) is 241 Å². The minimum Gasteiger partial charge on any atom is -0.456 e. The molecule has 0 N–H and O–H groups in total. The largest absolute Gasteiger partial charge is 0.456 e. The van der Waals surface area contributed by atoms with E-state index in [1.54, 1.807) is 0 Å². The highest BCUT2D eigenvalue weighted by atomic mass is 16.3. The lowest BCUT2D eigenvalue weighted by Crippen LogP contribution is -2.00. The molecule has 0 aliphatic rings. The highest BCUT2D eigenvalue weighted by molar-refractivity contribution is 6.19. The first-order valence-electron chi connectivity index (χ1n) is 23.3. The Morgan fingerprint density at radius 1 is 0.275 bits per heavy atom. The summed E-state index contributed by atoms with van der Waals surface area (Å²) in [6.45, 7) is 0. The van der Waals surface area contributed by atoms with Crippen molar-refractivity contribution in [3.05, 3.63) is 237 Å². The molecule has 0 unspecified atom stereocenters. The molecule has 0 bridgehead atoms. The van der Waals surface area contributed by atoms with E-state index < -0.39 is 0 Å². The number of para-hydroxylation sites is 3. The fraction of sp³-hybridized carbons (Fsp3) is 0. The van der Waals surface area contributed by atoms with Crippen LogP contribution in [0.1, 0.15) is 0 Å². The van der Waals surface area contributed by atoms with Crippen molar-refractivity contribution in [3.63, 3.8) is 0 Å². The Balaban J connectivity index is 0.969. The first kappa shape index (κ1) is 38.8. The molecule has 4 heterocycles. The number of hydrogen-bond donors (Lipinski definition) is 0. The van der Waals surface area contributed by atoms with Crippen molar-refractivity contribution >= 4 is 65.6 Å². The summed E-state index contributed by atoms with van der Waals surface area (Å²) in [6, 6.07) is 83.4. The predicted octanol–water partition coefficient (Wildman–Crippen LogP) is 16.3. The molecule has 0 atom stereocenters. The molecule has 6 nitrogen and oxygen atoms in total. The zero-order valence-electron chi connectivity index (χ0n) is 37.2. The van der Waals surface area contributed by atoms with Crippen molar-refractivity contribution in [2.24, 2.45) is 0 Å². The van der Waals surface area contributed by atoms with Gasteiger partial charge in [-0.25, -0.2) is 15.0 Å². The first-order valence-corrected chi connectivity index (χ1v) is 23.3. The van der Waals surface area contributed by atoms with Crippen LogP contribution in [0.3, 0.4) is 0 Å². The monoisotopic (exact) mass is 881 g/mol. The van der Waals surface area contributed by atoms with Gasteiger partial charge in [-0.3, -0.25) is 0 Å². The summed E-state index contributed by atoms with van der Waals surface area (Å²) in [6.07, 6.45) is 0. The van der Waals surface area contributed by atoms with Crippen molar-refractivity contribution in [3.8, 4) is 67.8 Å².